The van der Waals surface area contributed by atoms with Gasteiger partial charge in [-0.1, -0.05) is 84.9 Å². The SMILES string of the molecule is CCOC(=O)C(=O)C1=C(C(=O)OCC)C2(c3ccccc3)OC1(c1ccccc1)c1ccccc12. The molecule has 5 rings (SSSR count). The Kier molecular flexibility index (Phi) is 5.61. The summed E-state index contributed by atoms with van der Waals surface area (Å²) in [7, 11) is 0. The van der Waals surface area contributed by atoms with E-state index >= 15 is 0 Å². The number of carbonyl (C=O) groups is 3. The first-order chi connectivity index (χ1) is 17.0. The number of hydrogen-bond acceptors (Lipinski definition) is 6. The van der Waals surface area contributed by atoms with E-state index in [1.165, 1.54) is 0 Å². The lowest BCUT2D eigenvalue weighted by atomic mass is 9.67. The van der Waals surface area contributed by atoms with Gasteiger partial charge in [0, 0.05) is 0 Å². The lowest BCUT2D eigenvalue weighted by molar-refractivity contribution is -0.152. The fourth-order valence-corrected chi connectivity index (χ4v) is 5.24. The zero-order chi connectivity index (χ0) is 24.6. The molecule has 0 saturated carbocycles. The van der Waals surface area contributed by atoms with E-state index in [4.69, 9.17) is 14.2 Å². The summed E-state index contributed by atoms with van der Waals surface area (Å²) in [5.74, 6) is -2.68. The average molecular weight is 469 g/mol. The first-order valence-corrected chi connectivity index (χ1v) is 11.6. The Balaban J connectivity index is 1.94. The number of hydrogen-bond donors (Lipinski definition) is 0. The second-order valence-electron chi connectivity index (χ2n) is 8.26. The molecule has 176 valence electrons. The zero-order valence-electron chi connectivity index (χ0n) is 19.4. The van der Waals surface area contributed by atoms with Crippen LogP contribution in [-0.2, 0) is 39.8 Å². The Morgan fingerprint density at radius 2 is 1.11 bits per heavy atom. The minimum atomic E-state index is -1.50. The molecule has 0 radical (unpaired) electrons. The van der Waals surface area contributed by atoms with Gasteiger partial charge in [0.05, 0.1) is 24.4 Å². The summed E-state index contributed by atoms with van der Waals surface area (Å²) in [6.07, 6.45) is 0. The van der Waals surface area contributed by atoms with E-state index in [2.05, 4.69) is 0 Å². The summed E-state index contributed by atoms with van der Waals surface area (Å²) in [6, 6.07) is 25.8. The number of carbonyl (C=O) groups excluding carboxylic acids is 3. The lowest BCUT2D eigenvalue weighted by Crippen LogP contribution is -2.37. The molecule has 6 heteroatoms. The van der Waals surface area contributed by atoms with Gasteiger partial charge < -0.3 is 14.2 Å². The molecule has 0 aliphatic carbocycles. The first-order valence-electron chi connectivity index (χ1n) is 11.6. The maximum atomic E-state index is 13.8. The second kappa shape index (κ2) is 8.64. The van der Waals surface area contributed by atoms with Crippen LogP contribution >= 0.6 is 0 Å². The Morgan fingerprint density at radius 3 is 1.60 bits per heavy atom. The molecule has 2 heterocycles. The molecular formula is C29H24O6. The van der Waals surface area contributed by atoms with Crippen LogP contribution in [0.25, 0.3) is 0 Å². The summed E-state index contributed by atoms with van der Waals surface area (Å²) in [5, 5.41) is 0. The van der Waals surface area contributed by atoms with Crippen LogP contribution in [0, 0.1) is 0 Å². The molecule has 0 fully saturated rings. The minimum Gasteiger partial charge on any atom is -0.463 e. The summed E-state index contributed by atoms with van der Waals surface area (Å²) in [4.78, 5) is 40.3. The third-order valence-electron chi connectivity index (χ3n) is 6.47. The highest BCUT2D eigenvalue weighted by Crippen LogP contribution is 2.66. The topological polar surface area (TPSA) is 78.9 Å². The van der Waals surface area contributed by atoms with Gasteiger partial charge in [-0.15, -0.1) is 0 Å². The molecular weight excluding hydrogens is 444 g/mol. The Labute approximate surface area is 203 Å². The number of benzene rings is 3. The van der Waals surface area contributed by atoms with Crippen molar-refractivity contribution in [3.05, 3.63) is 118 Å². The van der Waals surface area contributed by atoms with Crippen molar-refractivity contribution >= 4 is 17.7 Å². The van der Waals surface area contributed by atoms with E-state index < -0.39 is 28.9 Å². The van der Waals surface area contributed by atoms with Gasteiger partial charge in [0.1, 0.15) is 0 Å². The van der Waals surface area contributed by atoms with Crippen molar-refractivity contribution in [2.75, 3.05) is 13.2 Å². The van der Waals surface area contributed by atoms with E-state index in [1.807, 2.05) is 84.9 Å². The van der Waals surface area contributed by atoms with Gasteiger partial charge in [0.25, 0.3) is 5.78 Å². The number of Topliss-reactive ketones (excluding diaryl/α,β-unsaturated/α-hetero) is 1. The van der Waals surface area contributed by atoms with Gasteiger partial charge in [0.2, 0.25) is 0 Å². The molecule has 2 atom stereocenters. The van der Waals surface area contributed by atoms with Crippen molar-refractivity contribution in [1.82, 2.24) is 0 Å². The zero-order valence-corrected chi connectivity index (χ0v) is 19.4. The van der Waals surface area contributed by atoms with Crippen LogP contribution in [0.1, 0.15) is 36.1 Å². The number of ketones is 1. The van der Waals surface area contributed by atoms with Crippen LogP contribution in [0.2, 0.25) is 0 Å². The lowest BCUT2D eigenvalue weighted by Gasteiger charge is -2.30. The van der Waals surface area contributed by atoms with Gasteiger partial charge in [-0.3, -0.25) is 4.79 Å². The van der Waals surface area contributed by atoms with Crippen molar-refractivity contribution in [3.8, 4) is 0 Å². The largest absolute Gasteiger partial charge is 0.463 e. The van der Waals surface area contributed by atoms with Crippen LogP contribution in [0.5, 0.6) is 0 Å². The minimum absolute atomic E-state index is 0.00570. The van der Waals surface area contributed by atoms with E-state index in [0.717, 1.165) is 5.56 Å². The number of ether oxygens (including phenoxy) is 3. The van der Waals surface area contributed by atoms with Crippen LogP contribution in [-0.4, -0.2) is 30.9 Å². The van der Waals surface area contributed by atoms with Crippen molar-refractivity contribution in [1.29, 1.82) is 0 Å². The number of fused-ring (bicyclic) bond motifs is 5. The predicted molar refractivity (Wildman–Crippen MR) is 127 cm³/mol. The average Bonchev–Trinajstić information content (AvgIpc) is 3.39. The molecule has 0 saturated heterocycles. The van der Waals surface area contributed by atoms with Gasteiger partial charge >= 0.3 is 11.9 Å². The van der Waals surface area contributed by atoms with Crippen LogP contribution < -0.4 is 0 Å². The fourth-order valence-electron chi connectivity index (χ4n) is 5.24. The van der Waals surface area contributed by atoms with E-state index in [9.17, 15) is 14.4 Å². The van der Waals surface area contributed by atoms with Gasteiger partial charge in [-0.25, -0.2) is 9.59 Å². The first kappa shape index (κ1) is 22.7. The quantitative estimate of drug-likeness (QED) is 0.382. The molecule has 35 heavy (non-hydrogen) atoms. The second-order valence-corrected chi connectivity index (χ2v) is 8.26. The van der Waals surface area contributed by atoms with Crippen molar-refractivity contribution in [2.24, 2.45) is 0 Å². The van der Waals surface area contributed by atoms with Crippen molar-refractivity contribution < 1.29 is 28.6 Å². The summed E-state index contributed by atoms with van der Waals surface area (Å²) >= 11 is 0. The molecule has 2 unspecified atom stereocenters. The Morgan fingerprint density at radius 1 is 0.657 bits per heavy atom. The Hall–Kier alpha value is -4.03. The molecule has 2 aliphatic rings. The third-order valence-corrected chi connectivity index (χ3v) is 6.47. The highest BCUT2D eigenvalue weighted by atomic mass is 16.6. The van der Waals surface area contributed by atoms with E-state index in [-0.39, 0.29) is 24.4 Å². The standard InChI is InChI=1S/C29H24O6/c1-3-33-26(31)24-23(25(30)27(32)34-4-2)28(19-13-7-5-8-14-19)21-17-11-12-18-22(21)29(24,35-28)20-15-9-6-10-16-20/h5-18H,3-4H2,1-2H3. The van der Waals surface area contributed by atoms with Gasteiger partial charge in [-0.2, -0.15) is 0 Å². The molecule has 0 spiro atoms. The predicted octanol–water partition coefficient (Wildman–Crippen LogP) is 4.21. The summed E-state index contributed by atoms with van der Waals surface area (Å²) in [6.45, 7) is 3.42. The maximum Gasteiger partial charge on any atom is 0.379 e. The van der Waals surface area contributed by atoms with Crippen LogP contribution in [0.4, 0.5) is 0 Å². The molecule has 6 nitrogen and oxygen atoms in total. The normalized spacial score (nSPS) is 22.0. The molecule has 0 aromatic heterocycles. The fraction of sp³-hybridized carbons (Fsp3) is 0.207. The summed E-state index contributed by atoms with van der Waals surface area (Å²) < 4.78 is 17.5. The third kappa shape index (κ3) is 3.10. The van der Waals surface area contributed by atoms with Crippen LogP contribution in [0.3, 0.4) is 0 Å². The molecule has 0 amide bonds. The van der Waals surface area contributed by atoms with E-state index in [0.29, 0.717) is 16.7 Å². The van der Waals surface area contributed by atoms with Gasteiger partial charge in [-0.05, 0) is 36.1 Å². The molecule has 3 aromatic rings. The van der Waals surface area contributed by atoms with Gasteiger partial charge in [0.15, 0.2) is 11.2 Å². The van der Waals surface area contributed by atoms with Crippen molar-refractivity contribution in [3.63, 3.8) is 0 Å². The maximum absolute atomic E-state index is 13.8. The Bertz CT molecular complexity index is 1340. The van der Waals surface area contributed by atoms with Crippen LogP contribution in [0.15, 0.2) is 96.1 Å². The van der Waals surface area contributed by atoms with E-state index in [1.54, 1.807) is 13.8 Å². The number of esters is 2. The molecule has 2 bridgehead atoms. The highest BCUT2D eigenvalue weighted by molar-refractivity contribution is 6.42. The highest BCUT2D eigenvalue weighted by Gasteiger charge is 2.69. The monoisotopic (exact) mass is 468 g/mol. The smallest absolute Gasteiger partial charge is 0.379 e. The summed E-state index contributed by atoms with van der Waals surface area (Å²) in [5.41, 5.74) is -0.322. The molecule has 2 aliphatic heterocycles. The van der Waals surface area contributed by atoms with Crippen molar-refractivity contribution in [2.45, 2.75) is 25.0 Å². The molecule has 3 aromatic carbocycles. The number of rotatable bonds is 7. The molecule has 0 N–H and O–H groups in total.